The van der Waals surface area contributed by atoms with Crippen molar-refractivity contribution in [3.63, 3.8) is 0 Å². The molecule has 0 saturated heterocycles. The highest BCUT2D eigenvalue weighted by Crippen LogP contribution is 2.36. The number of hydrogen-bond donors (Lipinski definition) is 2. The molecular formula is C23H21N3O. The molecule has 0 bridgehead atoms. The SMILES string of the molecule is Cc1ccc(N[C@@H](c2ccncc2)c2ccc3cccnc3c2O)cc1C. The summed E-state index contributed by atoms with van der Waals surface area (Å²) >= 11 is 0. The quantitative estimate of drug-likeness (QED) is 0.531. The van der Waals surface area contributed by atoms with Crippen LogP contribution in [-0.2, 0) is 0 Å². The highest BCUT2D eigenvalue weighted by Gasteiger charge is 2.20. The van der Waals surface area contributed by atoms with Crippen LogP contribution in [0.5, 0.6) is 5.75 Å². The Morgan fingerprint density at radius 3 is 2.48 bits per heavy atom. The maximum absolute atomic E-state index is 10.9. The second-order valence-electron chi connectivity index (χ2n) is 6.74. The third kappa shape index (κ3) is 3.34. The van der Waals surface area contributed by atoms with E-state index in [1.165, 1.54) is 11.1 Å². The largest absolute Gasteiger partial charge is 0.505 e. The minimum atomic E-state index is -0.221. The van der Waals surface area contributed by atoms with Gasteiger partial charge in [0.2, 0.25) is 0 Å². The lowest BCUT2D eigenvalue weighted by Gasteiger charge is -2.23. The van der Waals surface area contributed by atoms with Gasteiger partial charge in [-0.1, -0.05) is 24.3 Å². The molecule has 2 N–H and O–H groups in total. The molecule has 2 aromatic heterocycles. The summed E-state index contributed by atoms with van der Waals surface area (Å²) in [7, 11) is 0. The van der Waals surface area contributed by atoms with Crippen molar-refractivity contribution in [2.75, 3.05) is 5.32 Å². The number of aromatic hydroxyl groups is 1. The second kappa shape index (κ2) is 7.08. The Labute approximate surface area is 158 Å². The number of pyridine rings is 2. The highest BCUT2D eigenvalue weighted by molar-refractivity contribution is 5.86. The molecule has 4 nitrogen and oxygen atoms in total. The standard InChI is InChI=1S/C23H21N3O/c1-15-5-7-19(14-16(15)2)26-21(18-9-12-24-13-10-18)20-8-6-17-4-3-11-25-22(17)23(20)27/h3-14,21,26-27H,1-2H3/t21-/m0/s1. The smallest absolute Gasteiger partial charge is 0.147 e. The molecule has 0 fully saturated rings. The number of benzene rings is 2. The second-order valence-corrected chi connectivity index (χ2v) is 6.74. The third-order valence-electron chi connectivity index (χ3n) is 4.95. The average Bonchev–Trinajstić information content (AvgIpc) is 2.70. The van der Waals surface area contributed by atoms with Gasteiger partial charge >= 0.3 is 0 Å². The van der Waals surface area contributed by atoms with E-state index in [-0.39, 0.29) is 11.8 Å². The summed E-state index contributed by atoms with van der Waals surface area (Å²) in [5, 5.41) is 15.4. The van der Waals surface area contributed by atoms with Gasteiger partial charge in [-0.15, -0.1) is 0 Å². The van der Waals surface area contributed by atoms with Crippen LogP contribution < -0.4 is 5.32 Å². The van der Waals surface area contributed by atoms with Gasteiger partial charge in [0.05, 0.1) is 6.04 Å². The molecule has 27 heavy (non-hydrogen) atoms. The molecule has 4 aromatic rings. The molecule has 0 spiro atoms. The fourth-order valence-corrected chi connectivity index (χ4v) is 3.27. The maximum atomic E-state index is 10.9. The number of rotatable bonds is 4. The van der Waals surface area contributed by atoms with Crippen molar-refractivity contribution >= 4 is 16.6 Å². The normalized spacial score (nSPS) is 12.1. The van der Waals surface area contributed by atoms with Crippen molar-refractivity contribution in [2.24, 2.45) is 0 Å². The lowest BCUT2D eigenvalue weighted by molar-refractivity contribution is 0.472. The number of phenolic OH excluding ortho intramolecular Hbond substituents is 1. The van der Waals surface area contributed by atoms with Gasteiger partial charge in [-0.2, -0.15) is 0 Å². The summed E-state index contributed by atoms with van der Waals surface area (Å²) in [5.41, 5.74) is 5.88. The molecule has 2 aromatic carbocycles. The number of aromatic nitrogens is 2. The fourth-order valence-electron chi connectivity index (χ4n) is 3.27. The number of anilines is 1. The lowest BCUT2D eigenvalue weighted by atomic mass is 9.96. The molecule has 1 atom stereocenters. The van der Waals surface area contributed by atoms with Crippen LogP contribution in [-0.4, -0.2) is 15.1 Å². The monoisotopic (exact) mass is 355 g/mol. The van der Waals surface area contributed by atoms with Gasteiger partial charge in [0, 0.05) is 35.2 Å². The van der Waals surface area contributed by atoms with Gasteiger partial charge in [0.25, 0.3) is 0 Å². The summed E-state index contributed by atoms with van der Waals surface area (Å²) in [4.78, 5) is 8.48. The Kier molecular flexibility index (Phi) is 4.47. The van der Waals surface area contributed by atoms with E-state index in [1.54, 1.807) is 18.6 Å². The summed E-state index contributed by atoms with van der Waals surface area (Å²) in [5.74, 6) is 0.200. The molecule has 4 rings (SSSR count). The van der Waals surface area contributed by atoms with Crippen LogP contribution in [0.3, 0.4) is 0 Å². The van der Waals surface area contributed by atoms with Crippen molar-refractivity contribution in [1.82, 2.24) is 9.97 Å². The topological polar surface area (TPSA) is 58.0 Å². The van der Waals surface area contributed by atoms with Gasteiger partial charge < -0.3 is 10.4 Å². The molecule has 0 aliphatic carbocycles. The van der Waals surface area contributed by atoms with Crippen LogP contribution in [0.15, 0.2) is 73.2 Å². The highest BCUT2D eigenvalue weighted by atomic mass is 16.3. The Morgan fingerprint density at radius 1 is 0.889 bits per heavy atom. The lowest BCUT2D eigenvalue weighted by Crippen LogP contribution is -2.13. The molecule has 2 heterocycles. The molecule has 0 unspecified atom stereocenters. The van der Waals surface area contributed by atoms with E-state index in [9.17, 15) is 5.11 Å². The van der Waals surface area contributed by atoms with Crippen molar-refractivity contribution in [2.45, 2.75) is 19.9 Å². The Balaban J connectivity index is 1.83. The summed E-state index contributed by atoms with van der Waals surface area (Å²) in [6, 6.07) is 17.8. The van der Waals surface area contributed by atoms with E-state index in [1.807, 2.05) is 36.4 Å². The predicted molar refractivity (Wildman–Crippen MR) is 109 cm³/mol. The summed E-state index contributed by atoms with van der Waals surface area (Å²) in [6.07, 6.45) is 5.23. The summed E-state index contributed by atoms with van der Waals surface area (Å²) in [6.45, 7) is 4.19. The zero-order chi connectivity index (χ0) is 18.8. The van der Waals surface area contributed by atoms with Crippen molar-refractivity contribution in [3.05, 3.63) is 95.4 Å². The number of fused-ring (bicyclic) bond motifs is 1. The summed E-state index contributed by atoms with van der Waals surface area (Å²) < 4.78 is 0. The minimum absolute atomic E-state index is 0.200. The van der Waals surface area contributed by atoms with Gasteiger partial charge in [-0.25, -0.2) is 0 Å². The van der Waals surface area contributed by atoms with Gasteiger partial charge in [-0.3, -0.25) is 9.97 Å². The Hall–Kier alpha value is -3.40. The number of aryl methyl sites for hydroxylation is 2. The van der Waals surface area contributed by atoms with E-state index in [4.69, 9.17) is 0 Å². The Bertz CT molecular complexity index is 1090. The van der Waals surface area contributed by atoms with E-state index in [2.05, 4.69) is 47.3 Å². The molecule has 0 saturated carbocycles. The first-order valence-electron chi connectivity index (χ1n) is 8.94. The first kappa shape index (κ1) is 17.0. The minimum Gasteiger partial charge on any atom is -0.505 e. The molecule has 0 aliphatic rings. The van der Waals surface area contributed by atoms with Crippen LogP contribution in [0.25, 0.3) is 10.9 Å². The molecule has 0 aliphatic heterocycles. The van der Waals surface area contributed by atoms with E-state index >= 15 is 0 Å². The molecule has 4 heteroatoms. The van der Waals surface area contributed by atoms with Gasteiger partial charge in [0.15, 0.2) is 0 Å². The Morgan fingerprint density at radius 2 is 1.70 bits per heavy atom. The van der Waals surface area contributed by atoms with Crippen molar-refractivity contribution < 1.29 is 5.11 Å². The van der Waals surface area contributed by atoms with Crippen LogP contribution in [0.1, 0.15) is 28.3 Å². The molecule has 134 valence electrons. The molecule has 0 radical (unpaired) electrons. The van der Waals surface area contributed by atoms with Gasteiger partial charge in [-0.05, 0) is 60.9 Å². The van der Waals surface area contributed by atoms with Gasteiger partial charge in [0.1, 0.15) is 11.3 Å². The van der Waals surface area contributed by atoms with Crippen LogP contribution in [0, 0.1) is 13.8 Å². The molecule has 0 amide bonds. The predicted octanol–water partition coefficient (Wildman–Crippen LogP) is 5.15. The number of nitrogens with zero attached hydrogens (tertiary/aromatic N) is 2. The van der Waals surface area contributed by atoms with Crippen molar-refractivity contribution in [3.8, 4) is 5.75 Å². The molecular weight excluding hydrogens is 334 g/mol. The van der Waals surface area contributed by atoms with Crippen molar-refractivity contribution in [1.29, 1.82) is 0 Å². The zero-order valence-corrected chi connectivity index (χ0v) is 15.3. The third-order valence-corrected chi connectivity index (χ3v) is 4.95. The van der Waals surface area contributed by atoms with E-state index < -0.39 is 0 Å². The zero-order valence-electron chi connectivity index (χ0n) is 15.3. The van der Waals surface area contributed by atoms with Crippen LogP contribution >= 0.6 is 0 Å². The fraction of sp³-hybridized carbons (Fsp3) is 0.130. The average molecular weight is 355 g/mol. The maximum Gasteiger partial charge on any atom is 0.147 e. The first-order valence-corrected chi connectivity index (χ1v) is 8.94. The number of phenols is 1. The first-order chi connectivity index (χ1) is 13.1. The number of nitrogens with one attached hydrogen (secondary N) is 1. The van der Waals surface area contributed by atoms with E-state index in [0.717, 1.165) is 22.2 Å². The van der Waals surface area contributed by atoms with E-state index in [0.29, 0.717) is 5.52 Å². The number of hydrogen-bond acceptors (Lipinski definition) is 4. The van der Waals surface area contributed by atoms with Crippen LogP contribution in [0.2, 0.25) is 0 Å². The van der Waals surface area contributed by atoms with Crippen LogP contribution in [0.4, 0.5) is 5.69 Å².